The molecule has 0 aliphatic carbocycles. The van der Waals surface area contributed by atoms with Crippen molar-refractivity contribution in [3.05, 3.63) is 59.7 Å². The lowest BCUT2D eigenvalue weighted by Gasteiger charge is -2.15. The second-order valence-corrected chi connectivity index (χ2v) is 7.50. The van der Waals surface area contributed by atoms with Gasteiger partial charge in [0.05, 0.1) is 6.54 Å². The summed E-state index contributed by atoms with van der Waals surface area (Å²) in [5.74, 6) is -0.249. The number of likely N-dealkylation sites (N-methyl/N-ethyl adjacent to an activating group) is 1. The predicted octanol–water partition coefficient (Wildman–Crippen LogP) is 3.03. The fourth-order valence-electron chi connectivity index (χ4n) is 3.34. The maximum atomic E-state index is 12.5. The zero-order chi connectivity index (χ0) is 19.9. The molecule has 6 heteroatoms. The van der Waals surface area contributed by atoms with Crippen molar-refractivity contribution in [2.45, 2.75) is 19.4 Å². The second-order valence-electron chi connectivity index (χ2n) is 7.50. The number of carbonyl (C=O) groups is 2. The van der Waals surface area contributed by atoms with Gasteiger partial charge < -0.3 is 15.5 Å². The van der Waals surface area contributed by atoms with E-state index < -0.39 is 0 Å². The smallest absolute Gasteiger partial charge is 0.255 e. The molecule has 0 saturated carbocycles. The van der Waals surface area contributed by atoms with Crippen molar-refractivity contribution in [3.8, 4) is 0 Å². The molecule has 0 bridgehead atoms. The van der Waals surface area contributed by atoms with Crippen LogP contribution in [0.3, 0.4) is 0 Å². The molecule has 1 fully saturated rings. The lowest BCUT2D eigenvalue weighted by Crippen LogP contribution is -2.27. The highest BCUT2D eigenvalue weighted by Crippen LogP contribution is 2.17. The number of benzene rings is 2. The highest BCUT2D eigenvalue weighted by Gasteiger charge is 2.12. The molecule has 1 aliphatic heterocycles. The Kier molecular flexibility index (Phi) is 6.79. The molecular formula is C22H28N4O2. The summed E-state index contributed by atoms with van der Waals surface area (Å²) >= 11 is 0. The number of hydrogen-bond acceptors (Lipinski definition) is 4. The van der Waals surface area contributed by atoms with Gasteiger partial charge in [-0.25, -0.2) is 0 Å². The molecule has 0 aromatic heterocycles. The van der Waals surface area contributed by atoms with Crippen molar-refractivity contribution in [1.29, 1.82) is 0 Å². The quantitative estimate of drug-likeness (QED) is 0.775. The summed E-state index contributed by atoms with van der Waals surface area (Å²) in [6, 6.07) is 14.9. The highest BCUT2D eigenvalue weighted by molar-refractivity contribution is 6.04. The number of likely N-dealkylation sites (tertiary alicyclic amines) is 1. The topological polar surface area (TPSA) is 64.7 Å². The van der Waals surface area contributed by atoms with Crippen LogP contribution < -0.4 is 10.6 Å². The molecular weight excluding hydrogens is 352 g/mol. The summed E-state index contributed by atoms with van der Waals surface area (Å²) < 4.78 is 0. The Morgan fingerprint density at radius 1 is 0.964 bits per heavy atom. The average Bonchev–Trinajstić information content (AvgIpc) is 3.15. The van der Waals surface area contributed by atoms with Gasteiger partial charge >= 0.3 is 0 Å². The monoisotopic (exact) mass is 380 g/mol. The molecule has 0 atom stereocenters. The number of nitrogens with zero attached hydrogens (tertiary/aromatic N) is 2. The molecule has 1 saturated heterocycles. The summed E-state index contributed by atoms with van der Waals surface area (Å²) in [4.78, 5) is 28.6. The van der Waals surface area contributed by atoms with E-state index in [4.69, 9.17) is 0 Å². The first-order valence-corrected chi connectivity index (χ1v) is 9.67. The molecule has 2 aromatic rings. The Morgan fingerprint density at radius 3 is 2.36 bits per heavy atom. The van der Waals surface area contributed by atoms with Gasteiger partial charge in [0, 0.05) is 23.5 Å². The molecule has 0 unspecified atom stereocenters. The number of hydrogen-bond donors (Lipinski definition) is 2. The number of nitrogens with one attached hydrogen (secondary N) is 2. The number of rotatable bonds is 7. The van der Waals surface area contributed by atoms with Crippen LogP contribution in [-0.4, -0.2) is 55.3 Å². The lowest BCUT2D eigenvalue weighted by atomic mass is 10.1. The third-order valence-corrected chi connectivity index (χ3v) is 4.68. The molecule has 2 amide bonds. The fourth-order valence-corrected chi connectivity index (χ4v) is 3.34. The van der Waals surface area contributed by atoms with E-state index >= 15 is 0 Å². The summed E-state index contributed by atoms with van der Waals surface area (Å²) in [7, 11) is 3.68. The van der Waals surface area contributed by atoms with Gasteiger partial charge in [-0.1, -0.05) is 12.1 Å². The summed E-state index contributed by atoms with van der Waals surface area (Å²) in [5.41, 5.74) is 3.23. The molecule has 1 heterocycles. The van der Waals surface area contributed by atoms with E-state index in [1.54, 1.807) is 29.2 Å². The summed E-state index contributed by atoms with van der Waals surface area (Å²) in [5, 5.41) is 5.77. The second kappa shape index (κ2) is 9.48. The molecule has 1 aliphatic rings. The fraction of sp³-hybridized carbons (Fsp3) is 0.364. The van der Waals surface area contributed by atoms with Crippen molar-refractivity contribution in [2.75, 3.05) is 44.4 Å². The number of carbonyl (C=O) groups excluding carboxylic acids is 2. The van der Waals surface area contributed by atoms with Crippen molar-refractivity contribution < 1.29 is 9.59 Å². The van der Waals surface area contributed by atoms with E-state index in [1.165, 1.54) is 18.4 Å². The maximum Gasteiger partial charge on any atom is 0.255 e. The lowest BCUT2D eigenvalue weighted by molar-refractivity contribution is -0.116. The summed E-state index contributed by atoms with van der Waals surface area (Å²) in [6.45, 7) is 3.53. The molecule has 0 radical (unpaired) electrons. The van der Waals surface area contributed by atoms with Crippen molar-refractivity contribution in [3.63, 3.8) is 0 Å². The van der Waals surface area contributed by atoms with E-state index in [0.29, 0.717) is 17.8 Å². The minimum Gasteiger partial charge on any atom is -0.325 e. The zero-order valence-corrected chi connectivity index (χ0v) is 16.6. The third-order valence-electron chi connectivity index (χ3n) is 4.68. The Hall–Kier alpha value is -2.70. The Labute approximate surface area is 166 Å². The van der Waals surface area contributed by atoms with Gasteiger partial charge in [-0.2, -0.15) is 0 Å². The Balaban J connectivity index is 1.57. The van der Waals surface area contributed by atoms with Crippen LogP contribution in [0.25, 0.3) is 0 Å². The minimum atomic E-state index is -0.163. The van der Waals surface area contributed by atoms with Crippen molar-refractivity contribution in [2.24, 2.45) is 0 Å². The van der Waals surface area contributed by atoms with Crippen LogP contribution in [0, 0.1) is 0 Å². The van der Waals surface area contributed by atoms with E-state index in [2.05, 4.69) is 21.6 Å². The van der Waals surface area contributed by atoms with E-state index in [9.17, 15) is 9.59 Å². The van der Waals surface area contributed by atoms with Gasteiger partial charge in [0.1, 0.15) is 0 Å². The van der Waals surface area contributed by atoms with Crippen molar-refractivity contribution >= 4 is 23.2 Å². The summed E-state index contributed by atoms with van der Waals surface area (Å²) in [6.07, 6.45) is 2.53. The van der Waals surface area contributed by atoms with Crippen LogP contribution in [0.5, 0.6) is 0 Å². The molecule has 28 heavy (non-hydrogen) atoms. The first kappa shape index (κ1) is 20.0. The van der Waals surface area contributed by atoms with Gasteiger partial charge in [0.2, 0.25) is 5.91 Å². The van der Waals surface area contributed by atoms with Crippen LogP contribution in [-0.2, 0) is 11.3 Å². The zero-order valence-electron chi connectivity index (χ0n) is 16.6. The largest absolute Gasteiger partial charge is 0.325 e. The number of amides is 2. The molecule has 3 rings (SSSR count). The van der Waals surface area contributed by atoms with Gasteiger partial charge in [-0.3, -0.25) is 14.5 Å². The Morgan fingerprint density at radius 2 is 1.68 bits per heavy atom. The van der Waals surface area contributed by atoms with Crippen molar-refractivity contribution in [1.82, 2.24) is 9.80 Å². The highest BCUT2D eigenvalue weighted by atomic mass is 16.2. The van der Waals surface area contributed by atoms with E-state index in [0.717, 1.165) is 25.3 Å². The van der Waals surface area contributed by atoms with Crippen LogP contribution in [0.15, 0.2) is 48.5 Å². The standard InChI is InChI=1S/C22H28N4O2/c1-25(2)16-21(27)23-19-10-8-18(9-11-19)22(28)24-20-7-5-6-17(14-20)15-26-12-3-4-13-26/h5-11,14H,3-4,12-13,15-16H2,1-2H3,(H,23,27)(H,24,28). The molecule has 2 N–H and O–H groups in total. The van der Waals surface area contributed by atoms with Gasteiger partial charge in [-0.05, 0) is 82.0 Å². The van der Waals surface area contributed by atoms with Gasteiger partial charge in [0.25, 0.3) is 5.91 Å². The normalized spacial score (nSPS) is 14.2. The molecule has 6 nitrogen and oxygen atoms in total. The van der Waals surface area contributed by atoms with Crippen LogP contribution in [0.1, 0.15) is 28.8 Å². The molecule has 0 spiro atoms. The van der Waals surface area contributed by atoms with Gasteiger partial charge in [0.15, 0.2) is 0 Å². The number of anilines is 2. The SMILES string of the molecule is CN(C)CC(=O)Nc1ccc(C(=O)Nc2cccc(CN3CCCC3)c2)cc1. The maximum absolute atomic E-state index is 12.5. The predicted molar refractivity (Wildman–Crippen MR) is 113 cm³/mol. The van der Waals surface area contributed by atoms with Crippen LogP contribution >= 0.6 is 0 Å². The first-order valence-electron chi connectivity index (χ1n) is 9.67. The van der Waals surface area contributed by atoms with E-state index in [-0.39, 0.29) is 11.8 Å². The van der Waals surface area contributed by atoms with Gasteiger partial charge in [-0.15, -0.1) is 0 Å². The van der Waals surface area contributed by atoms with E-state index in [1.807, 2.05) is 32.3 Å². The minimum absolute atomic E-state index is 0.0861. The average molecular weight is 380 g/mol. The third kappa shape index (κ3) is 5.90. The Bertz CT molecular complexity index is 812. The van der Waals surface area contributed by atoms with Crippen LogP contribution in [0.4, 0.5) is 11.4 Å². The molecule has 148 valence electrons. The first-order chi connectivity index (χ1) is 13.5. The van der Waals surface area contributed by atoms with Crippen LogP contribution in [0.2, 0.25) is 0 Å². The molecule has 2 aromatic carbocycles.